The summed E-state index contributed by atoms with van der Waals surface area (Å²) in [7, 11) is -3.85. The molecule has 0 unspecified atom stereocenters. The Hall–Kier alpha value is -1.87. The molecule has 0 amide bonds. The van der Waals surface area contributed by atoms with E-state index in [1.165, 1.54) is 34.6 Å². The van der Waals surface area contributed by atoms with Crippen molar-refractivity contribution in [3.8, 4) is 0 Å². The maximum Gasteiger partial charge on any atom is 0.421 e. The average molecular weight is 576 g/mol. The molecule has 2 aliphatic heterocycles. The fourth-order valence-electron chi connectivity index (χ4n) is 4.94. The van der Waals surface area contributed by atoms with Gasteiger partial charge in [-0.15, -0.1) is 0 Å². The first-order valence-corrected chi connectivity index (χ1v) is 14.2. The van der Waals surface area contributed by atoms with Crippen LogP contribution in [0.2, 0.25) is 0 Å². The molecule has 2 saturated heterocycles. The molecule has 3 atom stereocenters. The fourth-order valence-corrected chi connectivity index (χ4v) is 7.01. The number of aliphatic hydroxyl groups excluding tert-OH is 1. The average Bonchev–Trinajstić information content (AvgIpc) is 2.88. The highest BCUT2D eigenvalue weighted by Gasteiger charge is 2.51. The van der Waals surface area contributed by atoms with E-state index >= 15 is 0 Å². The third-order valence-electron chi connectivity index (χ3n) is 7.34. The lowest BCUT2D eigenvalue weighted by Crippen LogP contribution is -2.61. The Balaban J connectivity index is 1.62. The third kappa shape index (κ3) is 5.83. The third-order valence-corrected chi connectivity index (χ3v) is 9.81. The minimum atomic E-state index is -4.84. The molecule has 2 fully saturated rings. The van der Waals surface area contributed by atoms with Crippen molar-refractivity contribution in [2.45, 2.75) is 37.2 Å². The number of nitrogens with zero attached hydrogens (tertiary/aromatic N) is 3. The largest absolute Gasteiger partial charge is 0.421 e. The summed E-state index contributed by atoms with van der Waals surface area (Å²) in [5.74, 6) is 0. The zero-order chi connectivity index (χ0) is 27.7. The summed E-state index contributed by atoms with van der Waals surface area (Å²) in [6.45, 7) is 2.95. The molecule has 0 bridgehead atoms. The number of hydrogen-bond donors (Lipinski definition) is 2. The van der Waals surface area contributed by atoms with Crippen LogP contribution in [0.5, 0.6) is 0 Å². The highest BCUT2D eigenvalue weighted by Crippen LogP contribution is 2.39. The molecular weight excluding hydrogens is 543 g/mol. The van der Waals surface area contributed by atoms with Gasteiger partial charge in [-0.05, 0) is 30.7 Å². The first kappa shape index (κ1) is 29.1. The summed E-state index contributed by atoms with van der Waals surface area (Å²) in [4.78, 5) is 4.48. The quantitative estimate of drug-likeness (QED) is 0.478. The number of piperazine rings is 1. The van der Waals surface area contributed by atoms with E-state index in [1.54, 1.807) is 12.2 Å². The number of rotatable bonds is 7. The van der Waals surface area contributed by atoms with Gasteiger partial charge in [-0.3, -0.25) is 4.90 Å². The van der Waals surface area contributed by atoms with Crippen LogP contribution in [0, 0.1) is 0 Å². The first-order chi connectivity index (χ1) is 17.9. The smallest absolute Gasteiger partial charge is 0.395 e. The van der Waals surface area contributed by atoms with Crippen LogP contribution >= 0.6 is 12.2 Å². The Morgan fingerprint density at radius 1 is 1.13 bits per heavy atom. The summed E-state index contributed by atoms with van der Waals surface area (Å²) in [5, 5.41) is 19.9. The van der Waals surface area contributed by atoms with E-state index in [-0.39, 0.29) is 42.2 Å². The number of aliphatic hydroxyl groups is 2. The van der Waals surface area contributed by atoms with Gasteiger partial charge < -0.3 is 19.8 Å². The molecule has 38 heavy (non-hydrogen) atoms. The molecule has 13 heteroatoms. The van der Waals surface area contributed by atoms with E-state index in [9.17, 15) is 31.8 Å². The number of sulfonamides is 1. The van der Waals surface area contributed by atoms with Gasteiger partial charge in [0.25, 0.3) is 0 Å². The molecule has 0 radical (unpaired) electrons. The minimum Gasteiger partial charge on any atom is -0.395 e. The summed E-state index contributed by atoms with van der Waals surface area (Å²) < 4.78 is 73.9. The molecule has 3 aliphatic rings. The van der Waals surface area contributed by atoms with Crippen molar-refractivity contribution in [3.63, 3.8) is 0 Å². The Morgan fingerprint density at radius 2 is 1.84 bits per heavy atom. The maximum absolute atomic E-state index is 13.5. The number of allylic oxidation sites excluding steroid dienone is 4. The minimum absolute atomic E-state index is 0.112. The van der Waals surface area contributed by atoms with Crippen molar-refractivity contribution in [1.29, 1.82) is 0 Å². The van der Waals surface area contributed by atoms with Crippen molar-refractivity contribution in [2.24, 2.45) is 0 Å². The van der Waals surface area contributed by atoms with Gasteiger partial charge in [0.2, 0.25) is 10.0 Å². The number of thiocarbonyl (C=S) groups is 1. The van der Waals surface area contributed by atoms with E-state index in [4.69, 9.17) is 17.0 Å². The van der Waals surface area contributed by atoms with E-state index in [0.717, 1.165) is 0 Å². The van der Waals surface area contributed by atoms with Crippen LogP contribution in [0.25, 0.3) is 0 Å². The standard InChI is InChI=1S/C25H32F3N3O5S2/c1-24(33,25(26,27)28)18-6-8-19(9-7-18)31-11-10-30(38(34,35)23-5-3-2-4-22(23)37)15-20(31)14-29-12-13-36-17-21(29)16-32/h2-3,5-9,20-21,32-33H,4,10-17H2,1H3/t20-,21+,24-/m1/s1. The number of anilines is 1. The fraction of sp³-hybridized carbons (Fsp3) is 0.560. The maximum atomic E-state index is 13.5. The topological polar surface area (TPSA) is 93.6 Å². The highest BCUT2D eigenvalue weighted by atomic mass is 32.2. The van der Waals surface area contributed by atoms with Gasteiger partial charge >= 0.3 is 6.18 Å². The first-order valence-electron chi connectivity index (χ1n) is 12.4. The van der Waals surface area contributed by atoms with Crippen molar-refractivity contribution in [1.82, 2.24) is 9.21 Å². The second kappa shape index (κ2) is 11.3. The van der Waals surface area contributed by atoms with Gasteiger partial charge in [0, 0.05) is 49.7 Å². The van der Waals surface area contributed by atoms with Gasteiger partial charge in [-0.1, -0.05) is 36.5 Å². The number of ether oxygens (including phenoxy) is 1. The predicted molar refractivity (Wildman–Crippen MR) is 141 cm³/mol. The molecule has 1 aliphatic carbocycles. The monoisotopic (exact) mass is 575 g/mol. The Kier molecular flexibility index (Phi) is 8.67. The van der Waals surface area contributed by atoms with Crippen molar-refractivity contribution in [3.05, 3.63) is 53.0 Å². The lowest BCUT2D eigenvalue weighted by Gasteiger charge is -2.46. The SMILES string of the molecule is C[C@@](O)(c1ccc(N2CCN(S(=O)(=O)C3=CC=CCC3=S)C[C@H]2CN2CCOC[C@@H]2CO)cc1)C(F)(F)F. The van der Waals surface area contributed by atoms with Gasteiger partial charge in [-0.25, -0.2) is 8.42 Å². The molecule has 2 N–H and O–H groups in total. The van der Waals surface area contributed by atoms with E-state index < -0.39 is 21.8 Å². The number of hydrogen-bond acceptors (Lipinski definition) is 8. The van der Waals surface area contributed by atoms with Crippen LogP contribution in [-0.2, 0) is 20.4 Å². The molecule has 1 aromatic carbocycles. The zero-order valence-corrected chi connectivity index (χ0v) is 22.6. The normalized spacial score (nSPS) is 25.8. The van der Waals surface area contributed by atoms with Gasteiger partial charge in [0.1, 0.15) is 0 Å². The van der Waals surface area contributed by atoms with Crippen molar-refractivity contribution >= 4 is 32.8 Å². The van der Waals surface area contributed by atoms with Crippen LogP contribution in [0.15, 0.2) is 47.4 Å². The van der Waals surface area contributed by atoms with Crippen LogP contribution in [0.1, 0.15) is 18.9 Å². The molecule has 2 heterocycles. The summed E-state index contributed by atoms with van der Waals surface area (Å²) >= 11 is 5.32. The Labute approximate surface area is 226 Å². The van der Waals surface area contributed by atoms with Crippen molar-refractivity contribution < 1.29 is 36.5 Å². The number of alkyl halides is 3. The van der Waals surface area contributed by atoms with Crippen LogP contribution in [0.3, 0.4) is 0 Å². The summed E-state index contributed by atoms with van der Waals surface area (Å²) in [5.41, 5.74) is -2.68. The van der Waals surface area contributed by atoms with Gasteiger partial charge in [0.05, 0.1) is 36.8 Å². The Bertz CT molecular complexity index is 1190. The zero-order valence-electron chi connectivity index (χ0n) is 21.0. The lowest BCUT2D eigenvalue weighted by molar-refractivity contribution is -0.258. The molecule has 1 aromatic rings. The molecule has 0 aromatic heterocycles. The van der Waals surface area contributed by atoms with E-state index in [2.05, 4.69) is 0 Å². The molecular formula is C25H32F3N3O5S2. The van der Waals surface area contributed by atoms with Crippen molar-refractivity contribution in [2.75, 3.05) is 57.4 Å². The molecule has 0 saturated carbocycles. The van der Waals surface area contributed by atoms with Crippen LogP contribution < -0.4 is 4.90 Å². The molecule has 210 valence electrons. The predicted octanol–water partition coefficient (Wildman–Crippen LogP) is 2.18. The second-order valence-corrected chi connectivity index (χ2v) is 12.2. The molecule has 0 spiro atoms. The Morgan fingerprint density at radius 3 is 2.47 bits per heavy atom. The van der Waals surface area contributed by atoms with Crippen LogP contribution in [-0.4, -0.2) is 104 Å². The van der Waals surface area contributed by atoms with Gasteiger partial charge in [0.15, 0.2) is 5.60 Å². The lowest BCUT2D eigenvalue weighted by atomic mass is 9.95. The van der Waals surface area contributed by atoms with Gasteiger partial charge in [-0.2, -0.15) is 17.5 Å². The molecule has 8 nitrogen and oxygen atoms in total. The van der Waals surface area contributed by atoms with E-state index in [1.807, 2.05) is 9.80 Å². The number of benzene rings is 1. The number of halogens is 3. The molecule has 4 rings (SSSR count). The van der Waals surface area contributed by atoms with E-state index in [0.29, 0.717) is 56.7 Å². The van der Waals surface area contributed by atoms with Crippen LogP contribution in [0.4, 0.5) is 18.9 Å². The number of morpholine rings is 1. The second-order valence-electron chi connectivity index (χ2n) is 9.82. The summed E-state index contributed by atoms with van der Waals surface area (Å²) in [6, 6.07) is 4.89. The summed E-state index contributed by atoms with van der Waals surface area (Å²) in [6.07, 6.45) is 0.528. The highest BCUT2D eigenvalue weighted by molar-refractivity contribution is 7.96.